The van der Waals surface area contributed by atoms with Crippen LogP contribution in [0.2, 0.25) is 0 Å². The average molecular weight is 278 g/mol. The predicted molar refractivity (Wildman–Crippen MR) is 78.1 cm³/mol. The summed E-state index contributed by atoms with van der Waals surface area (Å²) < 4.78 is 4.99. The van der Waals surface area contributed by atoms with Gasteiger partial charge in [0.05, 0.1) is 12.5 Å². The van der Waals surface area contributed by atoms with Gasteiger partial charge in [-0.05, 0) is 31.5 Å². The highest BCUT2D eigenvalue weighted by Crippen LogP contribution is 2.34. The maximum atomic E-state index is 12.5. The fourth-order valence-corrected chi connectivity index (χ4v) is 2.77. The summed E-state index contributed by atoms with van der Waals surface area (Å²) in [4.78, 5) is 12.5. The molecule has 0 saturated carbocycles. The molecule has 1 saturated heterocycles. The van der Waals surface area contributed by atoms with Gasteiger partial charge in [-0.25, -0.2) is 0 Å². The number of phenolic OH excluding ortho intramolecular Hbond substituents is 1. The van der Waals surface area contributed by atoms with Crippen LogP contribution in [0.15, 0.2) is 18.2 Å². The molecule has 1 unspecified atom stereocenters. The second kappa shape index (κ2) is 6.13. The van der Waals surface area contributed by atoms with Crippen molar-refractivity contribution in [3.8, 4) is 11.5 Å². The fourth-order valence-electron chi connectivity index (χ4n) is 2.77. The first kappa shape index (κ1) is 14.7. The van der Waals surface area contributed by atoms with Crippen LogP contribution in [0.4, 0.5) is 5.69 Å². The van der Waals surface area contributed by atoms with E-state index in [2.05, 4.69) is 17.6 Å². The van der Waals surface area contributed by atoms with E-state index in [0.29, 0.717) is 11.4 Å². The minimum Gasteiger partial charge on any atom is -0.504 e. The Hall–Kier alpha value is -1.75. The van der Waals surface area contributed by atoms with Crippen LogP contribution in [0.3, 0.4) is 0 Å². The Morgan fingerprint density at radius 2 is 2.35 bits per heavy atom. The standard InChI is InChI=1S/C15H22N2O3/c1-3-6-15(7-8-16-10-15)14(19)17-11-4-5-13(20-2)12(18)9-11/h4-5,9,16,18H,3,6-8,10H2,1-2H3,(H,17,19). The number of phenols is 1. The van der Waals surface area contributed by atoms with Crippen LogP contribution in [0, 0.1) is 5.41 Å². The summed E-state index contributed by atoms with van der Waals surface area (Å²) in [5.41, 5.74) is 0.264. The average Bonchev–Trinajstić information content (AvgIpc) is 2.89. The third-order valence-electron chi connectivity index (χ3n) is 3.89. The highest BCUT2D eigenvalue weighted by molar-refractivity contribution is 5.96. The second-order valence-electron chi connectivity index (χ2n) is 5.30. The summed E-state index contributed by atoms with van der Waals surface area (Å²) in [7, 11) is 1.49. The number of carbonyl (C=O) groups is 1. The van der Waals surface area contributed by atoms with E-state index >= 15 is 0 Å². The van der Waals surface area contributed by atoms with Gasteiger partial charge in [0.1, 0.15) is 0 Å². The number of aromatic hydroxyl groups is 1. The molecule has 20 heavy (non-hydrogen) atoms. The molecule has 0 aromatic heterocycles. The maximum Gasteiger partial charge on any atom is 0.231 e. The van der Waals surface area contributed by atoms with Crippen LogP contribution in [0.25, 0.3) is 0 Å². The highest BCUT2D eigenvalue weighted by Gasteiger charge is 2.40. The molecular weight excluding hydrogens is 256 g/mol. The molecule has 3 N–H and O–H groups in total. The van der Waals surface area contributed by atoms with Crippen LogP contribution in [-0.2, 0) is 4.79 Å². The molecule has 0 spiro atoms. The summed E-state index contributed by atoms with van der Waals surface area (Å²) in [6, 6.07) is 4.89. The lowest BCUT2D eigenvalue weighted by Gasteiger charge is -2.26. The largest absolute Gasteiger partial charge is 0.504 e. The van der Waals surface area contributed by atoms with Crippen molar-refractivity contribution in [1.29, 1.82) is 0 Å². The summed E-state index contributed by atoms with van der Waals surface area (Å²) in [6.07, 6.45) is 2.70. The third kappa shape index (κ3) is 2.88. The van der Waals surface area contributed by atoms with Gasteiger partial charge in [0.25, 0.3) is 0 Å². The molecule has 1 amide bonds. The zero-order chi connectivity index (χ0) is 14.6. The van der Waals surface area contributed by atoms with Gasteiger partial charge >= 0.3 is 0 Å². The van der Waals surface area contributed by atoms with Crippen LogP contribution < -0.4 is 15.4 Å². The minimum atomic E-state index is -0.329. The van der Waals surface area contributed by atoms with Crippen LogP contribution in [0.1, 0.15) is 26.2 Å². The second-order valence-corrected chi connectivity index (χ2v) is 5.30. The monoisotopic (exact) mass is 278 g/mol. The molecule has 1 heterocycles. The van der Waals surface area contributed by atoms with E-state index in [-0.39, 0.29) is 17.1 Å². The van der Waals surface area contributed by atoms with E-state index in [1.165, 1.54) is 13.2 Å². The number of benzene rings is 1. The van der Waals surface area contributed by atoms with Gasteiger partial charge in [-0.3, -0.25) is 4.79 Å². The first-order chi connectivity index (χ1) is 9.61. The van der Waals surface area contributed by atoms with Gasteiger partial charge in [-0.2, -0.15) is 0 Å². The van der Waals surface area contributed by atoms with Crippen molar-refractivity contribution in [3.05, 3.63) is 18.2 Å². The SMILES string of the molecule is CCCC1(C(=O)Nc2ccc(OC)c(O)c2)CCNC1. The van der Waals surface area contributed by atoms with Crippen molar-refractivity contribution < 1.29 is 14.6 Å². The Kier molecular flexibility index (Phi) is 4.49. The number of methoxy groups -OCH3 is 1. The molecule has 0 aliphatic carbocycles. The molecule has 1 atom stereocenters. The highest BCUT2D eigenvalue weighted by atomic mass is 16.5. The lowest BCUT2D eigenvalue weighted by molar-refractivity contribution is -0.125. The van der Waals surface area contributed by atoms with E-state index in [4.69, 9.17) is 4.74 Å². The quantitative estimate of drug-likeness (QED) is 0.771. The Bertz CT molecular complexity index is 482. The van der Waals surface area contributed by atoms with Crippen LogP contribution >= 0.6 is 0 Å². The predicted octanol–water partition coefficient (Wildman–Crippen LogP) is 2.12. The normalized spacial score (nSPS) is 21.7. The van der Waals surface area contributed by atoms with Crippen molar-refractivity contribution in [2.24, 2.45) is 5.41 Å². The fraction of sp³-hybridized carbons (Fsp3) is 0.533. The number of hydrogen-bond donors (Lipinski definition) is 3. The Morgan fingerprint density at radius 3 is 2.90 bits per heavy atom. The number of anilines is 1. The number of hydrogen-bond acceptors (Lipinski definition) is 4. The van der Waals surface area contributed by atoms with Crippen molar-refractivity contribution >= 4 is 11.6 Å². The van der Waals surface area contributed by atoms with Gasteiger partial charge in [0.2, 0.25) is 5.91 Å². The van der Waals surface area contributed by atoms with Gasteiger partial charge in [0, 0.05) is 18.3 Å². The summed E-state index contributed by atoms with van der Waals surface area (Å²) in [6.45, 7) is 3.68. The van der Waals surface area contributed by atoms with Crippen molar-refractivity contribution in [2.45, 2.75) is 26.2 Å². The summed E-state index contributed by atoms with van der Waals surface area (Å²) in [5, 5.41) is 15.9. The summed E-state index contributed by atoms with van der Waals surface area (Å²) in [5.74, 6) is 0.446. The summed E-state index contributed by atoms with van der Waals surface area (Å²) >= 11 is 0. The number of amides is 1. The minimum absolute atomic E-state index is 0.0221. The topological polar surface area (TPSA) is 70.6 Å². The Balaban J connectivity index is 2.12. The first-order valence-corrected chi connectivity index (χ1v) is 7.00. The first-order valence-electron chi connectivity index (χ1n) is 7.00. The molecule has 5 heteroatoms. The van der Waals surface area contributed by atoms with Gasteiger partial charge in [-0.15, -0.1) is 0 Å². The van der Waals surface area contributed by atoms with E-state index in [1.54, 1.807) is 12.1 Å². The third-order valence-corrected chi connectivity index (χ3v) is 3.89. The Morgan fingerprint density at radius 1 is 1.55 bits per heavy atom. The van der Waals surface area contributed by atoms with E-state index in [9.17, 15) is 9.90 Å². The van der Waals surface area contributed by atoms with Crippen molar-refractivity contribution in [3.63, 3.8) is 0 Å². The molecule has 5 nitrogen and oxygen atoms in total. The smallest absolute Gasteiger partial charge is 0.231 e. The van der Waals surface area contributed by atoms with Gasteiger partial charge < -0.3 is 20.5 Å². The number of rotatable bonds is 5. The van der Waals surface area contributed by atoms with Crippen molar-refractivity contribution in [1.82, 2.24) is 5.32 Å². The lowest BCUT2D eigenvalue weighted by atomic mass is 9.81. The molecule has 0 bridgehead atoms. The van der Waals surface area contributed by atoms with Crippen LogP contribution in [-0.4, -0.2) is 31.2 Å². The molecule has 1 aliphatic heterocycles. The Labute approximate surface area is 119 Å². The number of nitrogens with one attached hydrogen (secondary N) is 2. The molecule has 1 aromatic carbocycles. The number of ether oxygens (including phenoxy) is 1. The van der Waals surface area contributed by atoms with Crippen LogP contribution in [0.5, 0.6) is 11.5 Å². The maximum absolute atomic E-state index is 12.5. The molecular formula is C15H22N2O3. The molecule has 1 fully saturated rings. The van der Waals surface area contributed by atoms with E-state index < -0.39 is 0 Å². The zero-order valence-corrected chi connectivity index (χ0v) is 12.0. The van der Waals surface area contributed by atoms with E-state index in [1.807, 2.05) is 0 Å². The van der Waals surface area contributed by atoms with E-state index in [0.717, 1.165) is 32.4 Å². The zero-order valence-electron chi connectivity index (χ0n) is 12.0. The van der Waals surface area contributed by atoms with Gasteiger partial charge in [0.15, 0.2) is 11.5 Å². The molecule has 2 rings (SSSR count). The molecule has 1 aromatic rings. The molecule has 110 valence electrons. The number of carbonyl (C=O) groups excluding carboxylic acids is 1. The van der Waals surface area contributed by atoms with Gasteiger partial charge in [-0.1, -0.05) is 13.3 Å². The lowest BCUT2D eigenvalue weighted by Crippen LogP contribution is -2.38. The molecule has 0 radical (unpaired) electrons. The van der Waals surface area contributed by atoms with Crippen molar-refractivity contribution in [2.75, 3.05) is 25.5 Å². The molecule has 1 aliphatic rings.